The van der Waals surface area contributed by atoms with Crippen LogP contribution in [0.2, 0.25) is 0 Å². The number of halogens is 1. The molecule has 5 saturated heterocycles. The molecule has 5 fully saturated rings. The molecule has 2 bridgehead atoms. The van der Waals surface area contributed by atoms with Crippen LogP contribution < -0.4 is 30.5 Å². The second-order valence-electron chi connectivity index (χ2n) is 18.0. The van der Waals surface area contributed by atoms with Crippen LogP contribution in [0.15, 0.2) is 66.7 Å². The van der Waals surface area contributed by atoms with Crippen molar-refractivity contribution in [2.24, 2.45) is 5.92 Å². The van der Waals surface area contributed by atoms with Gasteiger partial charge in [-0.2, -0.15) is 0 Å². The van der Waals surface area contributed by atoms with Crippen LogP contribution in [0.4, 0.5) is 27.3 Å². The summed E-state index contributed by atoms with van der Waals surface area (Å²) in [5, 5.41) is 21.0. The van der Waals surface area contributed by atoms with Crippen LogP contribution in [0.25, 0.3) is 11.3 Å². The Balaban J connectivity index is 0.663. The summed E-state index contributed by atoms with van der Waals surface area (Å²) in [6.45, 7) is 9.89. The van der Waals surface area contributed by atoms with Gasteiger partial charge in [-0.05, 0) is 92.6 Å². The number of carbonyl (C=O) groups is 4. The number of nitrogens with zero attached hydrogens (tertiary/aromatic N) is 8. The first-order chi connectivity index (χ1) is 31.1. The van der Waals surface area contributed by atoms with E-state index < -0.39 is 29.6 Å². The molecule has 16 nitrogen and oxygen atoms in total. The highest BCUT2D eigenvalue weighted by molar-refractivity contribution is 6.23. The van der Waals surface area contributed by atoms with Gasteiger partial charge in [-0.25, -0.2) is 4.39 Å². The maximum absolute atomic E-state index is 14.1. The Morgan fingerprint density at radius 2 is 1.48 bits per heavy atom. The molecule has 1 aromatic heterocycles. The normalized spacial score (nSPS) is 23.2. The van der Waals surface area contributed by atoms with Gasteiger partial charge >= 0.3 is 0 Å². The number of rotatable bonds is 11. The zero-order valence-corrected chi connectivity index (χ0v) is 35.7. The van der Waals surface area contributed by atoms with Gasteiger partial charge in [0.1, 0.15) is 30.0 Å². The monoisotopic (exact) mass is 872 g/mol. The fourth-order valence-electron chi connectivity index (χ4n) is 10.6. The van der Waals surface area contributed by atoms with Crippen LogP contribution in [0.3, 0.4) is 0 Å². The fourth-order valence-corrected chi connectivity index (χ4v) is 10.6. The first kappa shape index (κ1) is 41.7. The molecule has 10 rings (SSSR count). The Bertz CT molecular complexity index is 2460. The van der Waals surface area contributed by atoms with Crippen molar-refractivity contribution in [2.75, 3.05) is 92.5 Å². The molecule has 0 saturated carbocycles. The first-order valence-corrected chi connectivity index (χ1v) is 22.5. The number of imide groups is 2. The Labute approximate surface area is 370 Å². The topological polar surface area (TPSA) is 181 Å². The quantitative estimate of drug-likeness (QED) is 0.186. The van der Waals surface area contributed by atoms with E-state index in [1.165, 1.54) is 18.2 Å². The molecule has 334 valence electrons. The van der Waals surface area contributed by atoms with Gasteiger partial charge < -0.3 is 35.2 Å². The van der Waals surface area contributed by atoms with Crippen LogP contribution in [0.5, 0.6) is 11.5 Å². The molecular formula is C47H53FN10O6. The highest BCUT2D eigenvalue weighted by Crippen LogP contribution is 2.41. The molecule has 4 amide bonds. The van der Waals surface area contributed by atoms with E-state index in [0.717, 1.165) is 119 Å². The Morgan fingerprint density at radius 1 is 0.750 bits per heavy atom. The van der Waals surface area contributed by atoms with Gasteiger partial charge in [-0.15, -0.1) is 10.2 Å². The van der Waals surface area contributed by atoms with Gasteiger partial charge in [0, 0.05) is 107 Å². The molecule has 64 heavy (non-hydrogen) atoms. The Kier molecular flexibility index (Phi) is 11.3. The standard InChI is InChI=1S/C47H53FN10O6/c48-30-4-10-42(59)38(22-30)39-25-41(44(49)52-51-39)57-33-5-6-34(57)28-56(27-33)31-2-1-3-35(23-31)64-21-20-53-16-18-54(19-17-53)26-29-12-14-55(15-13-29)32-7-8-36-37(24-32)47(63)58(46(36)62)40-9-11-43(60)50-45(40)61/h1-4,7-8,10,22-25,29,33-34,40,59H,5-6,9,11-21,26-28H2,(H2,49,52)(H,50,60,61). The highest BCUT2D eigenvalue weighted by atomic mass is 19.1. The predicted octanol–water partition coefficient (Wildman–Crippen LogP) is 3.74. The largest absolute Gasteiger partial charge is 0.507 e. The number of aromatic nitrogens is 2. The van der Waals surface area contributed by atoms with Gasteiger partial charge in [-0.1, -0.05) is 6.07 Å². The number of piperazine rings is 2. The van der Waals surface area contributed by atoms with Crippen molar-refractivity contribution < 1.29 is 33.4 Å². The number of piperidine rings is 2. The number of benzene rings is 3. The Hall–Kier alpha value is -6.33. The minimum atomic E-state index is -0.968. The molecule has 3 unspecified atom stereocenters. The van der Waals surface area contributed by atoms with Crippen LogP contribution >= 0.6 is 0 Å². The molecule has 7 heterocycles. The summed E-state index contributed by atoms with van der Waals surface area (Å²) in [5.74, 6) is -0.719. The molecule has 0 spiro atoms. The number of nitrogens with one attached hydrogen (secondary N) is 1. The number of phenols is 1. The SMILES string of the molecule is Nc1nnc(-c2cc(F)ccc2O)cc1N1C2CCC1CN(c1cccc(OCCN3CCN(CC4CCN(c5ccc6c(c5)C(=O)N(C5CCC(=O)NC5=O)C6=O)CC4)CC3)c1)C2. The number of fused-ring (bicyclic) bond motifs is 3. The summed E-state index contributed by atoms with van der Waals surface area (Å²) in [5.41, 5.74) is 10.4. The van der Waals surface area contributed by atoms with Crippen LogP contribution in [-0.2, 0) is 9.59 Å². The summed E-state index contributed by atoms with van der Waals surface area (Å²) < 4.78 is 20.4. The van der Waals surface area contributed by atoms with E-state index >= 15 is 0 Å². The maximum atomic E-state index is 14.1. The van der Waals surface area contributed by atoms with Crippen molar-refractivity contribution in [2.45, 2.75) is 56.7 Å². The molecule has 3 aromatic carbocycles. The molecule has 4 aromatic rings. The van der Waals surface area contributed by atoms with E-state index in [0.29, 0.717) is 35.2 Å². The highest BCUT2D eigenvalue weighted by Gasteiger charge is 2.45. The van der Waals surface area contributed by atoms with Crippen molar-refractivity contribution in [1.82, 2.24) is 30.2 Å². The lowest BCUT2D eigenvalue weighted by Gasteiger charge is -2.43. The fraction of sp³-hybridized carbons (Fsp3) is 0.447. The predicted molar refractivity (Wildman–Crippen MR) is 238 cm³/mol. The van der Waals surface area contributed by atoms with Gasteiger partial charge in [0.2, 0.25) is 11.8 Å². The van der Waals surface area contributed by atoms with Gasteiger partial charge in [0.25, 0.3) is 11.8 Å². The average Bonchev–Trinajstić information content (AvgIpc) is 3.70. The van der Waals surface area contributed by atoms with E-state index in [1.807, 2.05) is 18.2 Å². The van der Waals surface area contributed by atoms with E-state index in [-0.39, 0.29) is 42.1 Å². The van der Waals surface area contributed by atoms with E-state index in [9.17, 15) is 28.7 Å². The van der Waals surface area contributed by atoms with E-state index in [4.69, 9.17) is 10.5 Å². The summed E-state index contributed by atoms with van der Waals surface area (Å²) in [4.78, 5) is 63.7. The second-order valence-corrected chi connectivity index (χ2v) is 18.0. The third-order valence-corrected chi connectivity index (χ3v) is 14.0. The number of hydrogen-bond acceptors (Lipinski definition) is 14. The minimum absolute atomic E-state index is 0.0631. The molecule has 4 N–H and O–H groups in total. The number of hydrogen-bond donors (Lipinski definition) is 3. The molecule has 0 radical (unpaired) electrons. The number of phenolic OH excluding ortho intramolecular Hbond substituents is 1. The van der Waals surface area contributed by atoms with Gasteiger partial charge in [-0.3, -0.25) is 34.3 Å². The third kappa shape index (κ3) is 8.17. The van der Waals surface area contributed by atoms with Gasteiger partial charge in [0.05, 0.1) is 22.5 Å². The van der Waals surface area contributed by atoms with Crippen molar-refractivity contribution in [3.63, 3.8) is 0 Å². The maximum Gasteiger partial charge on any atom is 0.262 e. The lowest BCUT2D eigenvalue weighted by Crippen LogP contribution is -2.54. The zero-order chi connectivity index (χ0) is 44.1. The number of nitrogens with two attached hydrogens (primary N) is 1. The molecule has 3 atom stereocenters. The average molecular weight is 873 g/mol. The zero-order valence-electron chi connectivity index (χ0n) is 35.7. The lowest BCUT2D eigenvalue weighted by atomic mass is 9.95. The van der Waals surface area contributed by atoms with E-state index in [1.54, 1.807) is 12.1 Å². The summed E-state index contributed by atoms with van der Waals surface area (Å²) in [6, 6.07) is 18.8. The number of anilines is 4. The van der Waals surface area contributed by atoms with Crippen molar-refractivity contribution in [3.8, 4) is 22.8 Å². The van der Waals surface area contributed by atoms with Crippen molar-refractivity contribution in [1.29, 1.82) is 0 Å². The molecular weight excluding hydrogens is 820 g/mol. The van der Waals surface area contributed by atoms with Crippen molar-refractivity contribution >= 4 is 46.5 Å². The van der Waals surface area contributed by atoms with Crippen LogP contribution in [-0.4, -0.2) is 144 Å². The summed E-state index contributed by atoms with van der Waals surface area (Å²) in [6.07, 6.45) is 4.33. The molecule has 6 aliphatic rings. The number of ether oxygens (including phenoxy) is 1. The molecule has 6 aliphatic heterocycles. The Morgan fingerprint density at radius 3 is 2.25 bits per heavy atom. The van der Waals surface area contributed by atoms with E-state index in [2.05, 4.69) is 58.2 Å². The lowest BCUT2D eigenvalue weighted by molar-refractivity contribution is -0.136. The van der Waals surface area contributed by atoms with Crippen LogP contribution in [0, 0.1) is 11.7 Å². The smallest absolute Gasteiger partial charge is 0.262 e. The first-order valence-electron chi connectivity index (χ1n) is 22.5. The van der Waals surface area contributed by atoms with Crippen LogP contribution in [0.1, 0.15) is 59.2 Å². The molecule has 0 aliphatic carbocycles. The molecule has 17 heteroatoms. The minimum Gasteiger partial charge on any atom is -0.507 e. The number of aromatic hydroxyl groups is 1. The summed E-state index contributed by atoms with van der Waals surface area (Å²) in [7, 11) is 0. The number of nitrogen functional groups attached to an aromatic ring is 1. The number of carbonyl (C=O) groups excluding carboxylic acids is 4. The second kappa shape index (κ2) is 17.3. The third-order valence-electron chi connectivity index (χ3n) is 14.0. The summed E-state index contributed by atoms with van der Waals surface area (Å²) >= 11 is 0. The number of amides is 4. The van der Waals surface area contributed by atoms with Crippen molar-refractivity contribution in [3.05, 3.63) is 83.7 Å². The van der Waals surface area contributed by atoms with Gasteiger partial charge in [0.15, 0.2) is 5.82 Å².